The number of allylic oxidation sites excluding steroid dienone is 2. The fourth-order valence-corrected chi connectivity index (χ4v) is 5.19. The molecule has 0 saturated carbocycles. The number of amides is 1. The largest absolute Gasteiger partial charge is 0.386 e. The maximum absolute atomic E-state index is 14.9. The maximum atomic E-state index is 14.9. The second-order valence-electron chi connectivity index (χ2n) is 7.86. The Bertz CT molecular complexity index is 1130. The summed E-state index contributed by atoms with van der Waals surface area (Å²) in [6.07, 6.45) is 3.10. The number of dihydropyridines is 1. The molecule has 3 rings (SSSR count). The fourth-order valence-electron chi connectivity index (χ4n) is 3.16. The number of nitrogens with two attached hydrogens (primary N) is 1. The van der Waals surface area contributed by atoms with Crippen molar-refractivity contribution in [3.63, 3.8) is 0 Å². The standard InChI is InChI=1S/C19H21Cl2FN4O3S/c1-18(2)17(23)26-19(3,9-30(18,28)29)12-6-11(7-13(21)15(12)22)25-16(27)14-5-4-10(20)8-24-14/h4-7,24H,8-9H2,1-3H3,(H2,23,26)(H,25,27)/t19-/m0/s1. The predicted molar refractivity (Wildman–Crippen MR) is 117 cm³/mol. The molecule has 2 aliphatic heterocycles. The Labute approximate surface area is 184 Å². The highest BCUT2D eigenvalue weighted by atomic mass is 35.5. The van der Waals surface area contributed by atoms with E-state index >= 15 is 0 Å². The van der Waals surface area contributed by atoms with Crippen molar-refractivity contribution in [2.75, 3.05) is 17.6 Å². The van der Waals surface area contributed by atoms with Crippen LogP contribution in [0, 0.1) is 5.82 Å². The Hall–Kier alpha value is -2.10. The topological polar surface area (TPSA) is 114 Å². The minimum atomic E-state index is -3.74. The van der Waals surface area contributed by atoms with Gasteiger partial charge in [0.25, 0.3) is 5.91 Å². The van der Waals surface area contributed by atoms with Crippen molar-refractivity contribution < 1.29 is 17.6 Å². The van der Waals surface area contributed by atoms with Crippen molar-refractivity contribution in [1.29, 1.82) is 0 Å². The predicted octanol–water partition coefficient (Wildman–Crippen LogP) is 2.81. The third-order valence-corrected chi connectivity index (χ3v) is 8.46. The van der Waals surface area contributed by atoms with Crippen LogP contribution in [0.2, 0.25) is 5.02 Å². The van der Waals surface area contributed by atoms with Crippen LogP contribution in [0.4, 0.5) is 10.1 Å². The highest BCUT2D eigenvalue weighted by Gasteiger charge is 2.49. The highest BCUT2D eigenvalue weighted by molar-refractivity contribution is 7.93. The molecule has 1 amide bonds. The van der Waals surface area contributed by atoms with E-state index < -0.39 is 37.6 Å². The first-order chi connectivity index (χ1) is 13.8. The molecule has 0 unspecified atom stereocenters. The lowest BCUT2D eigenvalue weighted by molar-refractivity contribution is -0.113. The number of hydrogen-bond donors (Lipinski definition) is 3. The van der Waals surface area contributed by atoms with Gasteiger partial charge in [0.05, 0.1) is 17.3 Å². The van der Waals surface area contributed by atoms with Crippen molar-refractivity contribution >= 4 is 50.5 Å². The van der Waals surface area contributed by atoms with Crippen LogP contribution in [-0.2, 0) is 20.2 Å². The molecular weight excluding hydrogens is 454 g/mol. The number of nitrogens with zero attached hydrogens (tertiary/aromatic N) is 1. The van der Waals surface area contributed by atoms with E-state index in [9.17, 15) is 17.6 Å². The van der Waals surface area contributed by atoms with Crippen molar-refractivity contribution in [2.24, 2.45) is 10.7 Å². The summed E-state index contributed by atoms with van der Waals surface area (Å²) in [6, 6.07) is 2.55. The van der Waals surface area contributed by atoms with Gasteiger partial charge in [0.15, 0.2) is 9.84 Å². The van der Waals surface area contributed by atoms with Crippen LogP contribution in [0.5, 0.6) is 0 Å². The average molecular weight is 475 g/mol. The number of carbonyl (C=O) groups excluding carboxylic acids is 1. The number of anilines is 1. The molecule has 11 heteroatoms. The molecule has 2 heterocycles. The lowest BCUT2D eigenvalue weighted by Gasteiger charge is -2.38. The van der Waals surface area contributed by atoms with Gasteiger partial charge in [-0.1, -0.05) is 23.2 Å². The van der Waals surface area contributed by atoms with Crippen LogP contribution in [-0.4, -0.2) is 37.2 Å². The van der Waals surface area contributed by atoms with Crippen molar-refractivity contribution in [1.82, 2.24) is 5.32 Å². The van der Waals surface area contributed by atoms with Gasteiger partial charge in [-0.2, -0.15) is 0 Å². The van der Waals surface area contributed by atoms with E-state index in [2.05, 4.69) is 15.6 Å². The normalized spacial score (nSPS) is 24.8. The Morgan fingerprint density at radius 3 is 2.50 bits per heavy atom. The molecule has 1 aromatic rings. The first-order valence-corrected chi connectivity index (χ1v) is 11.4. The van der Waals surface area contributed by atoms with Crippen LogP contribution in [0.15, 0.2) is 40.0 Å². The van der Waals surface area contributed by atoms with Gasteiger partial charge in [-0.25, -0.2) is 12.8 Å². The van der Waals surface area contributed by atoms with Crippen LogP contribution < -0.4 is 16.4 Å². The summed E-state index contributed by atoms with van der Waals surface area (Å²) in [7, 11) is -3.74. The lowest BCUT2D eigenvalue weighted by Crippen LogP contribution is -2.55. The number of halogens is 3. The molecule has 0 aromatic heterocycles. The van der Waals surface area contributed by atoms with Crippen molar-refractivity contribution in [3.8, 4) is 0 Å². The molecular formula is C19H21Cl2FN4O3S. The van der Waals surface area contributed by atoms with Crippen LogP contribution in [0.25, 0.3) is 0 Å². The van der Waals surface area contributed by atoms with Gasteiger partial charge in [-0.3, -0.25) is 9.79 Å². The van der Waals surface area contributed by atoms with Crippen LogP contribution >= 0.6 is 23.2 Å². The summed E-state index contributed by atoms with van der Waals surface area (Å²) in [5, 5.41) is 5.73. The van der Waals surface area contributed by atoms with E-state index in [0.29, 0.717) is 11.6 Å². The van der Waals surface area contributed by atoms with E-state index in [1.807, 2.05) is 0 Å². The molecule has 0 bridgehead atoms. The van der Waals surface area contributed by atoms with Crippen molar-refractivity contribution in [3.05, 3.63) is 51.4 Å². The quantitative estimate of drug-likeness (QED) is 0.622. The van der Waals surface area contributed by atoms with Crippen molar-refractivity contribution in [2.45, 2.75) is 31.1 Å². The van der Waals surface area contributed by atoms with Gasteiger partial charge in [0, 0.05) is 16.3 Å². The molecule has 0 spiro atoms. The van der Waals surface area contributed by atoms with E-state index in [0.717, 1.165) is 0 Å². The molecule has 4 N–H and O–H groups in total. The summed E-state index contributed by atoms with van der Waals surface area (Å²) < 4.78 is 39.1. The number of nitrogens with one attached hydrogen (secondary N) is 2. The minimum Gasteiger partial charge on any atom is -0.386 e. The lowest BCUT2D eigenvalue weighted by atomic mass is 9.92. The van der Waals surface area contributed by atoms with Gasteiger partial charge >= 0.3 is 0 Å². The number of aliphatic imine (C=N–C) groups is 1. The second-order valence-corrected chi connectivity index (χ2v) is 11.3. The third-order valence-electron chi connectivity index (χ3n) is 5.22. The number of hydrogen-bond acceptors (Lipinski definition) is 6. The fraction of sp³-hybridized carbons (Fsp3) is 0.368. The Kier molecular flexibility index (Phi) is 5.68. The van der Waals surface area contributed by atoms with E-state index in [4.69, 9.17) is 28.9 Å². The first-order valence-electron chi connectivity index (χ1n) is 8.96. The van der Waals surface area contributed by atoms with Crippen LogP contribution in [0.3, 0.4) is 0 Å². The Morgan fingerprint density at radius 1 is 1.27 bits per heavy atom. The van der Waals surface area contributed by atoms with Crippen LogP contribution in [0.1, 0.15) is 26.3 Å². The molecule has 1 aromatic carbocycles. The molecule has 7 nitrogen and oxygen atoms in total. The van der Waals surface area contributed by atoms with Gasteiger partial charge in [-0.05, 0) is 45.1 Å². The summed E-state index contributed by atoms with van der Waals surface area (Å²) >= 11 is 11.9. The molecule has 162 valence electrons. The summed E-state index contributed by atoms with van der Waals surface area (Å²) in [4.78, 5) is 16.8. The summed E-state index contributed by atoms with van der Waals surface area (Å²) in [5.41, 5.74) is 4.78. The SMILES string of the molecule is CC1(C)C(N)=N[C@](C)(c2cc(NC(=O)C3=CC=C(Cl)CN3)cc(Cl)c2F)CS1(=O)=O. The minimum absolute atomic E-state index is 0.0825. The summed E-state index contributed by atoms with van der Waals surface area (Å²) in [5.74, 6) is -1.90. The second kappa shape index (κ2) is 7.55. The van der Waals surface area contributed by atoms with E-state index in [1.54, 1.807) is 6.08 Å². The molecule has 0 fully saturated rings. The zero-order valence-corrected chi connectivity index (χ0v) is 18.8. The zero-order chi connectivity index (χ0) is 22.5. The zero-order valence-electron chi connectivity index (χ0n) is 16.5. The van der Waals surface area contributed by atoms with Gasteiger partial charge in [0.1, 0.15) is 27.6 Å². The smallest absolute Gasteiger partial charge is 0.271 e. The number of carbonyl (C=O) groups is 1. The molecule has 0 aliphatic carbocycles. The number of benzene rings is 1. The van der Waals surface area contributed by atoms with E-state index in [1.165, 1.54) is 39.0 Å². The number of sulfone groups is 1. The maximum Gasteiger partial charge on any atom is 0.271 e. The molecule has 30 heavy (non-hydrogen) atoms. The first kappa shape index (κ1) is 22.6. The molecule has 2 aliphatic rings. The number of rotatable bonds is 3. The molecule has 0 saturated heterocycles. The molecule has 0 radical (unpaired) electrons. The summed E-state index contributed by atoms with van der Waals surface area (Å²) in [6.45, 7) is 4.67. The highest BCUT2D eigenvalue weighted by Crippen LogP contribution is 2.40. The van der Waals surface area contributed by atoms with Gasteiger partial charge < -0.3 is 16.4 Å². The monoisotopic (exact) mass is 474 g/mol. The molecule has 1 atom stereocenters. The average Bonchev–Trinajstić information content (AvgIpc) is 2.63. The number of amidine groups is 1. The van der Waals surface area contributed by atoms with Gasteiger partial charge in [-0.15, -0.1) is 0 Å². The Morgan fingerprint density at radius 2 is 1.93 bits per heavy atom. The van der Waals surface area contributed by atoms with E-state index in [-0.39, 0.29) is 27.8 Å². The van der Waals surface area contributed by atoms with Gasteiger partial charge in [0.2, 0.25) is 0 Å². The Balaban J connectivity index is 2.02. The third kappa shape index (κ3) is 3.93.